The van der Waals surface area contributed by atoms with Crippen LogP contribution in [-0.2, 0) is 16.4 Å². The summed E-state index contributed by atoms with van der Waals surface area (Å²) in [6, 6.07) is 9.93. The van der Waals surface area contributed by atoms with E-state index in [9.17, 15) is 8.42 Å². The number of pyridine rings is 1. The Bertz CT molecular complexity index is 796. The van der Waals surface area contributed by atoms with Crippen LogP contribution in [0.3, 0.4) is 0 Å². The zero-order valence-corrected chi connectivity index (χ0v) is 13.6. The van der Waals surface area contributed by atoms with Crippen molar-refractivity contribution < 1.29 is 8.42 Å². The highest BCUT2D eigenvalue weighted by molar-refractivity contribution is 9.10. The Morgan fingerprint density at radius 3 is 2.67 bits per heavy atom. The monoisotopic (exact) mass is 365 g/mol. The lowest BCUT2D eigenvalue weighted by atomic mass is 10.1. The summed E-state index contributed by atoms with van der Waals surface area (Å²) in [7, 11) is -3.72. The average Bonchev–Trinajstić information content (AvgIpc) is 2.49. The van der Waals surface area contributed by atoms with Crippen molar-refractivity contribution in [1.29, 1.82) is 5.26 Å². The Kier molecular flexibility index (Phi) is 4.60. The number of halogens is 1. The summed E-state index contributed by atoms with van der Waals surface area (Å²) in [5, 5.41) is 8.68. The lowest BCUT2D eigenvalue weighted by molar-refractivity contribution is 0.600. The summed E-state index contributed by atoms with van der Waals surface area (Å²) in [4.78, 5) is 3.79. The van der Waals surface area contributed by atoms with Crippen molar-refractivity contribution in [3.8, 4) is 6.07 Å². The fourth-order valence-corrected chi connectivity index (χ4v) is 3.22. The molecule has 0 fully saturated rings. The molecule has 2 rings (SSSR count). The van der Waals surface area contributed by atoms with E-state index in [1.54, 1.807) is 12.1 Å². The molecule has 1 aromatic heterocycles. The summed E-state index contributed by atoms with van der Waals surface area (Å²) in [6.45, 7) is 1.95. The molecule has 5 nitrogen and oxygen atoms in total. The Morgan fingerprint density at radius 1 is 1.33 bits per heavy atom. The molecule has 0 amide bonds. The van der Waals surface area contributed by atoms with Gasteiger partial charge in [-0.3, -0.25) is 4.72 Å². The summed E-state index contributed by atoms with van der Waals surface area (Å²) in [6.07, 6.45) is 1.87. The predicted molar refractivity (Wildman–Crippen MR) is 83.3 cm³/mol. The van der Waals surface area contributed by atoms with Gasteiger partial charge in [0.25, 0.3) is 10.0 Å². The Balaban J connectivity index is 2.35. The lowest BCUT2D eigenvalue weighted by Gasteiger charge is -2.12. The van der Waals surface area contributed by atoms with E-state index in [2.05, 4.69) is 25.6 Å². The molecule has 0 aliphatic heterocycles. The normalized spacial score (nSPS) is 10.9. The quantitative estimate of drug-likeness (QED) is 0.902. The van der Waals surface area contributed by atoms with Gasteiger partial charge in [0.05, 0.1) is 5.69 Å². The van der Waals surface area contributed by atoms with Crippen molar-refractivity contribution in [1.82, 2.24) is 4.98 Å². The molecule has 1 heterocycles. The number of rotatable bonds is 4. The number of aryl methyl sites for hydroxylation is 1. The topological polar surface area (TPSA) is 82.9 Å². The van der Waals surface area contributed by atoms with E-state index in [4.69, 9.17) is 5.26 Å². The smallest absolute Gasteiger partial charge is 0.263 e. The van der Waals surface area contributed by atoms with E-state index in [0.29, 0.717) is 12.1 Å². The lowest BCUT2D eigenvalue weighted by Crippen LogP contribution is -2.14. The number of aromatic nitrogens is 1. The van der Waals surface area contributed by atoms with Crippen molar-refractivity contribution >= 4 is 31.6 Å². The molecule has 0 aliphatic rings. The molecule has 108 valence electrons. The minimum absolute atomic E-state index is 0.0199. The molecule has 0 radical (unpaired) electrons. The van der Waals surface area contributed by atoms with Crippen molar-refractivity contribution in [3.05, 3.63) is 52.3 Å². The molecule has 0 saturated carbocycles. The molecule has 0 atom stereocenters. The third-order valence-electron chi connectivity index (χ3n) is 2.85. The molecule has 0 bridgehead atoms. The van der Waals surface area contributed by atoms with E-state index in [0.717, 1.165) is 10.0 Å². The maximum absolute atomic E-state index is 12.3. The van der Waals surface area contributed by atoms with E-state index in [-0.39, 0.29) is 10.6 Å². The molecule has 2 aromatic rings. The summed E-state index contributed by atoms with van der Waals surface area (Å²) in [5.41, 5.74) is 1.59. The van der Waals surface area contributed by atoms with Gasteiger partial charge in [-0.15, -0.1) is 0 Å². The summed E-state index contributed by atoms with van der Waals surface area (Å²) < 4.78 is 28.1. The summed E-state index contributed by atoms with van der Waals surface area (Å²) in [5.74, 6) is 0. The first-order chi connectivity index (χ1) is 9.96. The number of benzene rings is 1. The van der Waals surface area contributed by atoms with Crippen molar-refractivity contribution in [3.63, 3.8) is 0 Å². The van der Waals surface area contributed by atoms with Gasteiger partial charge >= 0.3 is 0 Å². The number of nitrogens with zero attached hydrogens (tertiary/aromatic N) is 2. The Labute approximate surface area is 131 Å². The number of nitrogens with one attached hydrogen (secondary N) is 1. The average molecular weight is 366 g/mol. The SMILES string of the molecule is CCc1cc(Br)ccc1NS(=O)(=O)c1ccc(C#N)nc1. The van der Waals surface area contributed by atoms with Gasteiger partial charge in [0.15, 0.2) is 0 Å². The molecular weight excluding hydrogens is 354 g/mol. The van der Waals surface area contributed by atoms with Crippen LogP contribution in [0, 0.1) is 11.3 Å². The van der Waals surface area contributed by atoms with Gasteiger partial charge in [0, 0.05) is 10.7 Å². The largest absolute Gasteiger partial charge is 0.279 e. The number of anilines is 1. The van der Waals surface area contributed by atoms with E-state index in [1.165, 1.54) is 18.3 Å². The maximum atomic E-state index is 12.3. The minimum Gasteiger partial charge on any atom is -0.279 e. The highest BCUT2D eigenvalue weighted by atomic mass is 79.9. The van der Waals surface area contributed by atoms with Gasteiger partial charge in [-0.1, -0.05) is 22.9 Å². The second-order valence-corrected chi connectivity index (χ2v) is 6.85. The third-order valence-corrected chi connectivity index (χ3v) is 4.70. The fraction of sp³-hybridized carbons (Fsp3) is 0.143. The zero-order chi connectivity index (χ0) is 15.5. The molecule has 0 spiro atoms. The van der Waals surface area contributed by atoms with Crippen molar-refractivity contribution in [2.24, 2.45) is 0 Å². The van der Waals surface area contributed by atoms with E-state index < -0.39 is 10.0 Å². The number of hydrogen-bond donors (Lipinski definition) is 1. The fourth-order valence-electron chi connectivity index (χ4n) is 1.76. The molecule has 21 heavy (non-hydrogen) atoms. The van der Waals surface area contributed by atoms with Gasteiger partial charge in [-0.05, 0) is 42.3 Å². The second kappa shape index (κ2) is 6.24. The zero-order valence-electron chi connectivity index (χ0n) is 11.2. The maximum Gasteiger partial charge on any atom is 0.263 e. The predicted octanol–water partition coefficient (Wildman–Crippen LogP) is 3.08. The minimum atomic E-state index is -3.72. The number of nitriles is 1. The van der Waals surface area contributed by atoms with Crippen LogP contribution >= 0.6 is 15.9 Å². The van der Waals surface area contributed by atoms with Crippen LogP contribution in [0.1, 0.15) is 18.2 Å². The molecule has 7 heteroatoms. The first kappa shape index (κ1) is 15.5. The van der Waals surface area contributed by atoms with Crippen LogP contribution in [0.4, 0.5) is 5.69 Å². The van der Waals surface area contributed by atoms with Crippen LogP contribution in [-0.4, -0.2) is 13.4 Å². The molecule has 0 unspecified atom stereocenters. The van der Waals surface area contributed by atoms with Gasteiger partial charge in [0.2, 0.25) is 0 Å². The van der Waals surface area contributed by atoms with Gasteiger partial charge < -0.3 is 0 Å². The third kappa shape index (κ3) is 3.60. The molecule has 0 aliphatic carbocycles. The number of sulfonamides is 1. The molecule has 1 aromatic carbocycles. The first-order valence-electron chi connectivity index (χ1n) is 6.13. The molecule has 1 N–H and O–H groups in total. The number of hydrogen-bond acceptors (Lipinski definition) is 4. The van der Waals surface area contributed by atoms with E-state index >= 15 is 0 Å². The van der Waals surface area contributed by atoms with Crippen LogP contribution in [0.25, 0.3) is 0 Å². The van der Waals surface area contributed by atoms with Gasteiger partial charge in [-0.2, -0.15) is 5.26 Å². The Hall–Kier alpha value is -1.91. The molecule has 0 saturated heterocycles. The summed E-state index contributed by atoms with van der Waals surface area (Å²) >= 11 is 3.36. The van der Waals surface area contributed by atoms with Crippen LogP contribution in [0.5, 0.6) is 0 Å². The second-order valence-electron chi connectivity index (χ2n) is 4.25. The highest BCUT2D eigenvalue weighted by Gasteiger charge is 2.16. The van der Waals surface area contributed by atoms with Crippen LogP contribution in [0.15, 0.2) is 45.9 Å². The Morgan fingerprint density at radius 2 is 2.10 bits per heavy atom. The van der Waals surface area contributed by atoms with E-state index in [1.807, 2.05) is 19.1 Å². The van der Waals surface area contributed by atoms with Crippen LogP contribution in [0.2, 0.25) is 0 Å². The molecular formula is C14H12BrN3O2S. The van der Waals surface area contributed by atoms with Gasteiger partial charge in [-0.25, -0.2) is 13.4 Å². The highest BCUT2D eigenvalue weighted by Crippen LogP contribution is 2.24. The van der Waals surface area contributed by atoms with Crippen molar-refractivity contribution in [2.45, 2.75) is 18.2 Å². The first-order valence-corrected chi connectivity index (χ1v) is 8.41. The van der Waals surface area contributed by atoms with Crippen molar-refractivity contribution in [2.75, 3.05) is 4.72 Å². The van der Waals surface area contributed by atoms with Crippen LogP contribution < -0.4 is 4.72 Å². The standard InChI is InChI=1S/C14H12BrN3O2S/c1-2-10-7-11(15)3-6-14(10)18-21(19,20)13-5-4-12(8-16)17-9-13/h3-7,9,18H,2H2,1H3. The van der Waals surface area contributed by atoms with Gasteiger partial charge in [0.1, 0.15) is 16.7 Å².